The summed E-state index contributed by atoms with van der Waals surface area (Å²) in [4.78, 5) is 4.25. The maximum Gasteiger partial charge on any atom is 0.232 e. The van der Waals surface area contributed by atoms with E-state index in [0.29, 0.717) is 55.6 Å². The Morgan fingerprint density at radius 1 is 0.973 bits per heavy atom. The zero-order chi connectivity index (χ0) is 26.5. The highest BCUT2D eigenvalue weighted by atomic mass is 32.2. The molecule has 5 aliphatic rings. The first-order chi connectivity index (χ1) is 17.6. The van der Waals surface area contributed by atoms with E-state index in [1.54, 1.807) is 4.31 Å². The van der Waals surface area contributed by atoms with E-state index in [1.807, 2.05) is 24.9 Å². The molecule has 3 heterocycles. The zero-order valence-corrected chi connectivity index (χ0v) is 24.0. The van der Waals surface area contributed by atoms with Crippen molar-refractivity contribution >= 4 is 10.0 Å². The fourth-order valence-corrected chi connectivity index (χ4v) is 10.5. The molecule has 0 aromatic carbocycles. The van der Waals surface area contributed by atoms with Gasteiger partial charge < -0.3 is 5.11 Å². The minimum Gasteiger partial charge on any atom is -0.395 e. The number of hydrogen-bond donors (Lipinski definition) is 2. The summed E-state index contributed by atoms with van der Waals surface area (Å²) < 4.78 is 43.4. The molecular formula is C28H49FN4O3S. The Morgan fingerprint density at radius 2 is 1.65 bits per heavy atom. The van der Waals surface area contributed by atoms with Gasteiger partial charge >= 0.3 is 0 Å². The molecule has 9 heteroatoms. The molecule has 0 bridgehead atoms. The highest BCUT2D eigenvalue weighted by molar-refractivity contribution is 7.89. The lowest BCUT2D eigenvalue weighted by molar-refractivity contribution is -0.114. The number of halogens is 1. The standard InChI is InChI=1S/C28H49FN4O3S/c1-18-19(2)24(29)12-11-23(18)21-7-9-22(10-8-21)28-25-16-32(13-5-6-14-33(25)26(28)17-34)37(35,36)27-15-30-20(3)31(27)4/h5-6,18-28,30,34H,7-17H2,1-4H3/b6-5-/t18?,19?,20?,21?,22?,23?,24?,25?,26-,27?,28+/m1/s1. The highest BCUT2D eigenvalue weighted by Crippen LogP contribution is 2.50. The van der Waals surface area contributed by atoms with Gasteiger partial charge in [-0.05, 0) is 88.0 Å². The lowest BCUT2D eigenvalue weighted by atomic mass is 9.60. The van der Waals surface area contributed by atoms with E-state index >= 15 is 0 Å². The largest absolute Gasteiger partial charge is 0.395 e. The van der Waals surface area contributed by atoms with Gasteiger partial charge in [0.25, 0.3) is 0 Å². The Bertz CT molecular complexity index is 926. The Kier molecular flexibility index (Phi) is 8.41. The fraction of sp³-hybridized carbons (Fsp3) is 0.929. The molecule has 5 rings (SSSR count). The fourth-order valence-electron chi connectivity index (χ4n) is 8.59. The van der Waals surface area contributed by atoms with Gasteiger partial charge in [0.2, 0.25) is 10.0 Å². The first kappa shape index (κ1) is 28.0. The molecule has 37 heavy (non-hydrogen) atoms. The SMILES string of the molecule is CC1C(F)CCC(C2CCC([C@H]3C4CN(S(=O)(=O)C5CNC(C)N5C)C/C=C\CN4[C@@H]3CO)CC2)C1C. The minimum atomic E-state index is -3.50. The zero-order valence-electron chi connectivity index (χ0n) is 23.2. The molecule has 2 saturated heterocycles. The molecule has 0 aromatic heterocycles. The topological polar surface area (TPSA) is 76.1 Å². The summed E-state index contributed by atoms with van der Waals surface area (Å²) in [5.74, 6) is 2.74. The Hall–Kier alpha value is -0.580. The molecule has 2 saturated carbocycles. The van der Waals surface area contributed by atoms with Crippen LogP contribution in [0.5, 0.6) is 0 Å². The van der Waals surface area contributed by atoms with Crippen molar-refractivity contribution in [2.45, 2.75) is 89.1 Å². The molecular weight excluding hydrogens is 491 g/mol. The smallest absolute Gasteiger partial charge is 0.232 e. The van der Waals surface area contributed by atoms with Gasteiger partial charge in [-0.1, -0.05) is 26.0 Å². The van der Waals surface area contributed by atoms with Crippen molar-refractivity contribution in [1.29, 1.82) is 0 Å². The first-order valence-electron chi connectivity index (χ1n) is 14.7. The number of aliphatic hydroxyl groups is 1. The van der Waals surface area contributed by atoms with E-state index < -0.39 is 21.6 Å². The van der Waals surface area contributed by atoms with Crippen LogP contribution in [0.15, 0.2) is 12.2 Å². The molecule has 4 fully saturated rings. The molecule has 2 N–H and O–H groups in total. The summed E-state index contributed by atoms with van der Waals surface area (Å²) in [5, 5.41) is 13.1. The second-order valence-electron chi connectivity index (χ2n) is 12.8. The summed E-state index contributed by atoms with van der Waals surface area (Å²) in [6, 6.07) is 0.257. The van der Waals surface area contributed by atoms with Gasteiger partial charge in [-0.15, -0.1) is 0 Å². The number of fused-ring (bicyclic) bond motifs is 1. The van der Waals surface area contributed by atoms with E-state index in [0.717, 1.165) is 25.8 Å². The van der Waals surface area contributed by atoms with Crippen LogP contribution in [0, 0.1) is 35.5 Å². The number of hydrogen-bond acceptors (Lipinski definition) is 6. The lowest BCUT2D eigenvalue weighted by Crippen LogP contribution is -2.71. The number of rotatable bonds is 5. The molecule has 2 aliphatic carbocycles. The summed E-state index contributed by atoms with van der Waals surface area (Å²) in [6.07, 6.45) is 9.82. The molecule has 7 unspecified atom stereocenters. The van der Waals surface area contributed by atoms with Gasteiger partial charge in [-0.25, -0.2) is 12.8 Å². The second kappa shape index (κ2) is 11.1. The molecule has 0 aromatic rings. The van der Waals surface area contributed by atoms with Crippen LogP contribution in [0.1, 0.15) is 59.3 Å². The van der Waals surface area contributed by atoms with Gasteiger partial charge in [-0.2, -0.15) is 4.31 Å². The maximum absolute atomic E-state index is 14.3. The number of likely N-dealkylation sites (N-methyl/N-ethyl adjacent to an activating group) is 1. The third-order valence-electron chi connectivity index (χ3n) is 11.3. The highest BCUT2D eigenvalue weighted by Gasteiger charge is 2.53. The molecule has 7 nitrogen and oxygen atoms in total. The van der Waals surface area contributed by atoms with Crippen LogP contribution in [0.3, 0.4) is 0 Å². The van der Waals surface area contributed by atoms with Crippen LogP contribution in [-0.2, 0) is 10.0 Å². The molecule has 9 atom stereocenters. The van der Waals surface area contributed by atoms with Crippen LogP contribution >= 0.6 is 0 Å². The number of nitrogens with one attached hydrogen (secondary N) is 1. The van der Waals surface area contributed by atoms with Crippen LogP contribution in [0.25, 0.3) is 0 Å². The predicted molar refractivity (Wildman–Crippen MR) is 145 cm³/mol. The van der Waals surface area contributed by atoms with Crippen LogP contribution in [-0.4, -0.2) is 97.3 Å². The summed E-state index contributed by atoms with van der Waals surface area (Å²) in [7, 11) is -1.62. The molecule has 3 aliphatic heterocycles. The van der Waals surface area contributed by atoms with Crippen molar-refractivity contribution in [2.75, 3.05) is 39.8 Å². The predicted octanol–water partition coefficient (Wildman–Crippen LogP) is 2.88. The Labute approximate surface area is 223 Å². The van der Waals surface area contributed by atoms with Crippen molar-refractivity contribution in [1.82, 2.24) is 19.4 Å². The van der Waals surface area contributed by atoms with Crippen molar-refractivity contribution in [3.63, 3.8) is 0 Å². The number of sulfonamides is 1. The third-order valence-corrected chi connectivity index (χ3v) is 13.5. The minimum absolute atomic E-state index is 0.0395. The Balaban J connectivity index is 1.27. The normalized spacial score (nSPS) is 47.6. The number of aliphatic hydroxyl groups excluding tert-OH is 1. The van der Waals surface area contributed by atoms with E-state index in [4.69, 9.17) is 0 Å². The average molecular weight is 541 g/mol. The molecule has 0 radical (unpaired) electrons. The summed E-state index contributed by atoms with van der Waals surface area (Å²) in [6.45, 7) is 8.62. The monoisotopic (exact) mass is 540 g/mol. The van der Waals surface area contributed by atoms with Crippen molar-refractivity contribution < 1.29 is 17.9 Å². The lowest BCUT2D eigenvalue weighted by Gasteiger charge is -2.59. The van der Waals surface area contributed by atoms with Crippen LogP contribution in [0.2, 0.25) is 0 Å². The van der Waals surface area contributed by atoms with Crippen LogP contribution < -0.4 is 5.32 Å². The maximum atomic E-state index is 14.3. The van der Waals surface area contributed by atoms with Gasteiger partial charge in [0.1, 0.15) is 11.5 Å². The van der Waals surface area contributed by atoms with Gasteiger partial charge in [0.15, 0.2) is 0 Å². The average Bonchev–Trinajstić information content (AvgIpc) is 3.20. The second-order valence-corrected chi connectivity index (χ2v) is 14.9. The number of alkyl halides is 1. The molecule has 0 spiro atoms. The van der Waals surface area contributed by atoms with Crippen molar-refractivity contribution in [3.8, 4) is 0 Å². The van der Waals surface area contributed by atoms with Gasteiger partial charge in [-0.3, -0.25) is 15.1 Å². The Morgan fingerprint density at radius 3 is 2.30 bits per heavy atom. The van der Waals surface area contributed by atoms with Crippen molar-refractivity contribution in [3.05, 3.63) is 12.2 Å². The summed E-state index contributed by atoms with van der Waals surface area (Å²) >= 11 is 0. The van der Waals surface area contributed by atoms with E-state index in [-0.39, 0.29) is 30.8 Å². The van der Waals surface area contributed by atoms with Gasteiger partial charge in [0, 0.05) is 38.3 Å². The van der Waals surface area contributed by atoms with E-state index in [1.165, 1.54) is 12.8 Å². The quantitative estimate of drug-likeness (QED) is 0.523. The summed E-state index contributed by atoms with van der Waals surface area (Å²) in [5.41, 5.74) is 0. The van der Waals surface area contributed by atoms with E-state index in [9.17, 15) is 17.9 Å². The third kappa shape index (κ3) is 5.06. The molecule has 212 valence electrons. The van der Waals surface area contributed by atoms with Crippen molar-refractivity contribution in [2.24, 2.45) is 35.5 Å². The van der Waals surface area contributed by atoms with E-state index in [2.05, 4.69) is 30.1 Å². The molecule has 0 amide bonds. The van der Waals surface area contributed by atoms with Gasteiger partial charge in [0.05, 0.1) is 12.8 Å². The first-order valence-corrected chi connectivity index (χ1v) is 16.2. The number of nitrogens with zero attached hydrogens (tertiary/aromatic N) is 3. The van der Waals surface area contributed by atoms with Crippen LogP contribution in [0.4, 0.5) is 4.39 Å².